The Balaban J connectivity index is 3.50. The van der Waals surface area contributed by atoms with Crippen molar-refractivity contribution in [2.24, 2.45) is 0 Å². The minimum atomic E-state index is -1.16. The van der Waals surface area contributed by atoms with Gasteiger partial charge in [0.2, 0.25) is 0 Å². The fourth-order valence-electron chi connectivity index (χ4n) is 0.195. The molecule has 0 aromatic carbocycles. The van der Waals surface area contributed by atoms with Gasteiger partial charge in [-0.1, -0.05) is 0 Å². The van der Waals surface area contributed by atoms with Gasteiger partial charge in [-0.3, -0.25) is 0 Å². The summed E-state index contributed by atoms with van der Waals surface area (Å²) >= 11 is 12.8. The predicted molar refractivity (Wildman–Crippen MR) is 42.6 cm³/mol. The minimum absolute atomic E-state index is 0.607. The van der Waals surface area contributed by atoms with Crippen LogP contribution in [0.2, 0.25) is 0 Å². The number of hydrogen-bond donors (Lipinski definition) is 4. The van der Waals surface area contributed by atoms with Crippen molar-refractivity contribution in [2.75, 3.05) is 0 Å². The predicted octanol–water partition coefficient (Wildman–Crippen LogP) is 1.00. The van der Waals surface area contributed by atoms with E-state index in [9.17, 15) is 4.79 Å². The number of carbonyl (C=O) groups is 1. The number of hydrogen-bond acceptors (Lipinski definition) is 3. The Kier molecular flexibility index (Phi) is 4.26. The highest BCUT2D eigenvalue weighted by Gasteiger charge is 2.11. The third-order valence-corrected chi connectivity index (χ3v) is 1.92. The second-order valence-corrected chi connectivity index (χ2v) is 3.15. The molecule has 0 aliphatic rings. The molecule has 0 spiro atoms. The van der Waals surface area contributed by atoms with Gasteiger partial charge in [-0.05, 0) is 0 Å². The number of nitrogens with one attached hydrogen (secondary N) is 1. The molecule has 0 radical (unpaired) electrons. The molecule has 2 atom stereocenters. The standard InChI is InChI=1S/C3H6ClNO2S2/c4-1(8)2(9)5-3(6)7/h1-2,5,8-9H,(H,6,7). The molecule has 0 aromatic heterocycles. The van der Waals surface area contributed by atoms with Crippen LogP contribution in [0.3, 0.4) is 0 Å². The van der Waals surface area contributed by atoms with Crippen LogP contribution in [0.15, 0.2) is 0 Å². The van der Waals surface area contributed by atoms with Gasteiger partial charge in [-0.25, -0.2) is 4.79 Å². The molecule has 3 nitrogen and oxygen atoms in total. The first-order valence-electron chi connectivity index (χ1n) is 2.03. The highest BCUT2D eigenvalue weighted by molar-refractivity contribution is 7.86. The van der Waals surface area contributed by atoms with E-state index in [2.05, 4.69) is 25.3 Å². The Morgan fingerprint density at radius 1 is 1.67 bits per heavy atom. The van der Waals surface area contributed by atoms with Crippen LogP contribution in [-0.4, -0.2) is 21.3 Å². The number of halogens is 1. The first-order chi connectivity index (χ1) is 4.04. The molecule has 54 valence electrons. The lowest BCUT2D eigenvalue weighted by Gasteiger charge is -2.10. The van der Waals surface area contributed by atoms with Crippen molar-refractivity contribution in [3.63, 3.8) is 0 Å². The molecular formula is C3H6ClNO2S2. The lowest BCUT2D eigenvalue weighted by atomic mass is 10.7. The molecule has 1 amide bonds. The number of rotatable bonds is 2. The van der Waals surface area contributed by atoms with Crippen LogP contribution < -0.4 is 5.32 Å². The Morgan fingerprint density at radius 3 is 2.22 bits per heavy atom. The zero-order valence-electron chi connectivity index (χ0n) is 4.28. The molecule has 0 saturated carbocycles. The average molecular weight is 188 g/mol. The van der Waals surface area contributed by atoms with Gasteiger partial charge in [0.1, 0.15) is 10.1 Å². The van der Waals surface area contributed by atoms with Crippen molar-refractivity contribution >= 4 is 43.0 Å². The largest absolute Gasteiger partial charge is 0.465 e. The first-order valence-corrected chi connectivity index (χ1v) is 3.50. The van der Waals surface area contributed by atoms with Gasteiger partial charge in [-0.15, -0.1) is 11.6 Å². The van der Waals surface area contributed by atoms with Crippen LogP contribution in [0, 0.1) is 0 Å². The number of carboxylic acid groups (broad SMARTS) is 1. The molecule has 0 bridgehead atoms. The van der Waals surface area contributed by atoms with Crippen LogP contribution in [0.5, 0.6) is 0 Å². The lowest BCUT2D eigenvalue weighted by molar-refractivity contribution is 0.194. The van der Waals surface area contributed by atoms with Crippen LogP contribution in [0.4, 0.5) is 4.79 Å². The van der Waals surface area contributed by atoms with E-state index in [1.54, 1.807) is 0 Å². The number of alkyl halides is 1. The Labute approximate surface area is 68.6 Å². The third-order valence-electron chi connectivity index (χ3n) is 0.532. The maximum atomic E-state index is 9.86. The second-order valence-electron chi connectivity index (χ2n) is 1.27. The Bertz CT molecular complexity index is 110. The van der Waals surface area contributed by atoms with Crippen LogP contribution in [-0.2, 0) is 0 Å². The molecule has 0 heterocycles. The van der Waals surface area contributed by atoms with E-state index < -0.39 is 16.2 Å². The van der Waals surface area contributed by atoms with Gasteiger partial charge in [0.25, 0.3) is 0 Å². The van der Waals surface area contributed by atoms with Gasteiger partial charge < -0.3 is 10.4 Å². The summed E-state index contributed by atoms with van der Waals surface area (Å²) in [5.74, 6) is 0. The zero-order chi connectivity index (χ0) is 7.44. The summed E-state index contributed by atoms with van der Waals surface area (Å²) < 4.78 is -0.607. The SMILES string of the molecule is O=C(O)NC(S)C(S)Cl. The van der Waals surface area contributed by atoms with Crippen LogP contribution >= 0.6 is 36.9 Å². The smallest absolute Gasteiger partial charge is 0.405 e. The summed E-state index contributed by atoms with van der Waals surface area (Å²) in [6.45, 7) is 0. The molecule has 9 heavy (non-hydrogen) atoms. The van der Waals surface area contributed by atoms with Crippen molar-refractivity contribution in [3.8, 4) is 0 Å². The number of amides is 1. The van der Waals surface area contributed by atoms with Crippen molar-refractivity contribution in [1.82, 2.24) is 5.32 Å². The highest BCUT2D eigenvalue weighted by atomic mass is 35.5. The minimum Gasteiger partial charge on any atom is -0.465 e. The van der Waals surface area contributed by atoms with E-state index in [0.29, 0.717) is 0 Å². The summed E-state index contributed by atoms with van der Waals surface area (Å²) in [5, 5.41) is 9.46. The van der Waals surface area contributed by atoms with E-state index >= 15 is 0 Å². The normalized spacial score (nSPS) is 16.3. The quantitative estimate of drug-likeness (QED) is 0.296. The summed E-state index contributed by atoms with van der Waals surface area (Å²) in [6, 6.07) is 0. The maximum Gasteiger partial charge on any atom is 0.405 e. The highest BCUT2D eigenvalue weighted by Crippen LogP contribution is 2.09. The van der Waals surface area contributed by atoms with Gasteiger partial charge in [0, 0.05) is 0 Å². The molecule has 0 fully saturated rings. The zero-order valence-corrected chi connectivity index (χ0v) is 6.83. The Hall–Kier alpha value is 0.260. The fraction of sp³-hybridized carbons (Fsp3) is 0.667. The number of thiol groups is 2. The van der Waals surface area contributed by atoms with E-state index in [4.69, 9.17) is 16.7 Å². The fourth-order valence-corrected chi connectivity index (χ4v) is 0.443. The van der Waals surface area contributed by atoms with Crippen molar-refractivity contribution in [3.05, 3.63) is 0 Å². The van der Waals surface area contributed by atoms with Gasteiger partial charge >= 0.3 is 6.09 Å². The molecule has 0 aliphatic carbocycles. The van der Waals surface area contributed by atoms with Gasteiger partial charge in [0.05, 0.1) is 0 Å². The topological polar surface area (TPSA) is 49.3 Å². The van der Waals surface area contributed by atoms with E-state index in [-0.39, 0.29) is 0 Å². The lowest BCUT2D eigenvalue weighted by Crippen LogP contribution is -2.33. The Morgan fingerprint density at radius 2 is 2.11 bits per heavy atom. The second kappa shape index (κ2) is 4.14. The molecule has 0 aliphatic heterocycles. The van der Waals surface area contributed by atoms with Crippen molar-refractivity contribution in [2.45, 2.75) is 10.1 Å². The summed E-state index contributed by atoms with van der Waals surface area (Å²) in [5.41, 5.74) is 0. The van der Waals surface area contributed by atoms with Crippen molar-refractivity contribution in [1.29, 1.82) is 0 Å². The van der Waals surface area contributed by atoms with Gasteiger partial charge in [0.15, 0.2) is 0 Å². The van der Waals surface area contributed by atoms with E-state index in [1.807, 2.05) is 5.32 Å². The molecule has 0 saturated heterocycles. The molecule has 2 N–H and O–H groups in total. The average Bonchev–Trinajstić information content (AvgIpc) is 1.63. The van der Waals surface area contributed by atoms with Crippen LogP contribution in [0.25, 0.3) is 0 Å². The summed E-state index contributed by atoms with van der Waals surface area (Å²) in [4.78, 5) is 9.86. The summed E-state index contributed by atoms with van der Waals surface area (Å²) in [7, 11) is 0. The van der Waals surface area contributed by atoms with E-state index in [0.717, 1.165) is 0 Å². The summed E-state index contributed by atoms with van der Waals surface area (Å²) in [6.07, 6.45) is -1.16. The maximum absolute atomic E-state index is 9.86. The van der Waals surface area contributed by atoms with E-state index in [1.165, 1.54) is 0 Å². The monoisotopic (exact) mass is 187 g/mol. The molecule has 0 rings (SSSR count). The molecular weight excluding hydrogens is 182 g/mol. The van der Waals surface area contributed by atoms with Crippen molar-refractivity contribution < 1.29 is 9.90 Å². The molecule has 0 aromatic rings. The first kappa shape index (κ1) is 9.26. The van der Waals surface area contributed by atoms with Crippen LogP contribution in [0.1, 0.15) is 0 Å². The van der Waals surface area contributed by atoms with Gasteiger partial charge in [-0.2, -0.15) is 25.3 Å². The molecule has 6 heteroatoms. The molecule has 2 unspecified atom stereocenters. The third kappa shape index (κ3) is 4.74.